The predicted molar refractivity (Wildman–Crippen MR) is 88.8 cm³/mol. The molecule has 7 heteroatoms. The summed E-state index contributed by atoms with van der Waals surface area (Å²) < 4.78 is 18.6. The van der Waals surface area contributed by atoms with Crippen molar-refractivity contribution in [1.29, 1.82) is 5.26 Å². The van der Waals surface area contributed by atoms with Gasteiger partial charge >= 0.3 is 5.97 Å². The van der Waals surface area contributed by atoms with Crippen molar-refractivity contribution in [3.63, 3.8) is 0 Å². The molecular formula is C17H12BrFN2O3. The summed E-state index contributed by atoms with van der Waals surface area (Å²) in [5, 5.41) is 11.4. The minimum absolute atomic E-state index is 0.0128. The molecule has 0 unspecified atom stereocenters. The third-order valence-electron chi connectivity index (χ3n) is 3.06. The van der Waals surface area contributed by atoms with Crippen molar-refractivity contribution in [2.45, 2.75) is 13.0 Å². The zero-order chi connectivity index (χ0) is 17.7. The van der Waals surface area contributed by atoms with E-state index in [-0.39, 0.29) is 5.56 Å². The molecule has 0 saturated carbocycles. The van der Waals surface area contributed by atoms with E-state index in [0.29, 0.717) is 15.7 Å². The Morgan fingerprint density at radius 3 is 2.75 bits per heavy atom. The molecule has 0 spiro atoms. The summed E-state index contributed by atoms with van der Waals surface area (Å²) >= 11 is 3.13. The van der Waals surface area contributed by atoms with Crippen LogP contribution in [0.4, 0.5) is 10.1 Å². The molecule has 1 amide bonds. The van der Waals surface area contributed by atoms with Crippen LogP contribution in [0, 0.1) is 17.1 Å². The standard InChI is InChI=1S/C17H12BrFN2O3/c1-10(16(22)21-13-4-2-3-11(7-13)9-20)24-17(23)14-8-12(19)5-6-15(14)18/h2-8,10H,1H3,(H,21,22)/t10-/m1/s1. The predicted octanol–water partition coefficient (Wildman–Crippen LogP) is 3.64. The van der Waals surface area contributed by atoms with Crippen LogP contribution < -0.4 is 5.32 Å². The van der Waals surface area contributed by atoms with Crippen LogP contribution in [0.5, 0.6) is 0 Å². The number of carbonyl (C=O) groups is 2. The van der Waals surface area contributed by atoms with E-state index >= 15 is 0 Å². The normalized spacial score (nSPS) is 11.2. The molecule has 0 bridgehead atoms. The summed E-state index contributed by atoms with van der Waals surface area (Å²) in [6.07, 6.45) is -1.10. The number of nitriles is 1. The van der Waals surface area contributed by atoms with Crippen molar-refractivity contribution < 1.29 is 18.7 Å². The number of carbonyl (C=O) groups excluding carboxylic acids is 2. The van der Waals surface area contributed by atoms with Crippen LogP contribution in [0.15, 0.2) is 46.9 Å². The van der Waals surface area contributed by atoms with E-state index in [9.17, 15) is 14.0 Å². The smallest absolute Gasteiger partial charge is 0.340 e. The van der Waals surface area contributed by atoms with Gasteiger partial charge in [-0.15, -0.1) is 0 Å². The molecule has 122 valence electrons. The van der Waals surface area contributed by atoms with Gasteiger partial charge in [-0.1, -0.05) is 6.07 Å². The third-order valence-corrected chi connectivity index (χ3v) is 3.75. The molecule has 0 aliphatic carbocycles. The maximum atomic E-state index is 13.2. The Kier molecular flexibility index (Phi) is 5.66. The number of nitrogens with one attached hydrogen (secondary N) is 1. The monoisotopic (exact) mass is 390 g/mol. The van der Waals surface area contributed by atoms with Gasteiger partial charge in [0.2, 0.25) is 0 Å². The summed E-state index contributed by atoms with van der Waals surface area (Å²) in [6.45, 7) is 1.40. The van der Waals surface area contributed by atoms with Gasteiger partial charge in [0.05, 0.1) is 17.2 Å². The van der Waals surface area contributed by atoms with Crippen molar-refractivity contribution >= 4 is 33.5 Å². The second kappa shape index (κ2) is 7.70. The highest BCUT2D eigenvalue weighted by molar-refractivity contribution is 9.10. The van der Waals surface area contributed by atoms with Crippen molar-refractivity contribution in [3.8, 4) is 6.07 Å². The van der Waals surface area contributed by atoms with Crippen LogP contribution in [0.2, 0.25) is 0 Å². The quantitative estimate of drug-likeness (QED) is 0.808. The Morgan fingerprint density at radius 2 is 2.04 bits per heavy atom. The summed E-state index contributed by atoms with van der Waals surface area (Å²) in [5.41, 5.74) is 0.788. The minimum Gasteiger partial charge on any atom is -0.449 e. The number of ether oxygens (including phenoxy) is 1. The van der Waals surface area contributed by atoms with Gasteiger partial charge in [-0.2, -0.15) is 5.26 Å². The summed E-state index contributed by atoms with van der Waals surface area (Å²) in [7, 11) is 0. The Bertz CT molecular complexity index is 833. The Morgan fingerprint density at radius 1 is 1.29 bits per heavy atom. The topological polar surface area (TPSA) is 79.2 Å². The van der Waals surface area contributed by atoms with E-state index in [1.807, 2.05) is 6.07 Å². The molecule has 0 aromatic heterocycles. The van der Waals surface area contributed by atoms with E-state index in [1.165, 1.54) is 25.1 Å². The lowest BCUT2D eigenvalue weighted by atomic mass is 10.2. The number of hydrogen-bond acceptors (Lipinski definition) is 4. The van der Waals surface area contributed by atoms with Crippen molar-refractivity contribution in [3.05, 3.63) is 63.9 Å². The molecule has 1 atom stereocenters. The number of nitrogens with zero attached hydrogens (tertiary/aromatic N) is 1. The Balaban J connectivity index is 2.04. The molecule has 24 heavy (non-hydrogen) atoms. The van der Waals surface area contributed by atoms with Gasteiger partial charge in [0.15, 0.2) is 6.10 Å². The molecule has 0 aliphatic rings. The van der Waals surface area contributed by atoms with Crippen LogP contribution >= 0.6 is 15.9 Å². The number of benzene rings is 2. The summed E-state index contributed by atoms with van der Waals surface area (Å²) in [4.78, 5) is 24.1. The molecule has 0 fully saturated rings. The number of halogens is 2. The van der Waals surface area contributed by atoms with Crippen LogP contribution in [0.1, 0.15) is 22.8 Å². The molecule has 0 radical (unpaired) electrons. The number of esters is 1. The summed E-state index contributed by atoms with van der Waals surface area (Å²) in [5.74, 6) is -1.98. The van der Waals surface area contributed by atoms with Gasteiger partial charge in [0.1, 0.15) is 5.82 Å². The lowest BCUT2D eigenvalue weighted by molar-refractivity contribution is -0.123. The lowest BCUT2D eigenvalue weighted by Gasteiger charge is -2.14. The molecule has 2 aromatic rings. The fourth-order valence-corrected chi connectivity index (χ4v) is 2.25. The fraction of sp³-hybridized carbons (Fsp3) is 0.118. The first kappa shape index (κ1) is 17.6. The lowest BCUT2D eigenvalue weighted by Crippen LogP contribution is -2.30. The van der Waals surface area contributed by atoms with Crippen molar-refractivity contribution in [1.82, 2.24) is 0 Å². The maximum absolute atomic E-state index is 13.2. The zero-order valence-electron chi connectivity index (χ0n) is 12.5. The van der Waals surface area contributed by atoms with E-state index in [1.54, 1.807) is 18.2 Å². The molecule has 5 nitrogen and oxygen atoms in total. The van der Waals surface area contributed by atoms with Crippen LogP contribution in [0.25, 0.3) is 0 Å². The van der Waals surface area contributed by atoms with Gasteiger partial charge < -0.3 is 10.1 Å². The molecule has 2 aromatic carbocycles. The molecule has 0 aliphatic heterocycles. The maximum Gasteiger partial charge on any atom is 0.340 e. The number of hydrogen-bond donors (Lipinski definition) is 1. The zero-order valence-corrected chi connectivity index (χ0v) is 14.1. The first-order valence-corrected chi connectivity index (χ1v) is 7.67. The fourth-order valence-electron chi connectivity index (χ4n) is 1.84. The van der Waals surface area contributed by atoms with Crippen molar-refractivity contribution in [2.24, 2.45) is 0 Å². The van der Waals surface area contributed by atoms with Gasteiger partial charge in [0.25, 0.3) is 5.91 Å². The SMILES string of the molecule is C[C@@H](OC(=O)c1cc(F)ccc1Br)C(=O)Nc1cccc(C#N)c1. The Hall–Kier alpha value is -2.72. The summed E-state index contributed by atoms with van der Waals surface area (Å²) in [6, 6.07) is 11.9. The van der Waals surface area contributed by atoms with Gasteiger partial charge in [0, 0.05) is 10.2 Å². The average molecular weight is 391 g/mol. The molecule has 2 rings (SSSR count). The first-order valence-electron chi connectivity index (χ1n) is 6.88. The van der Waals surface area contributed by atoms with Crippen LogP contribution in [-0.2, 0) is 9.53 Å². The van der Waals surface area contributed by atoms with Gasteiger partial charge in [-0.05, 0) is 59.3 Å². The number of rotatable bonds is 4. The second-order valence-electron chi connectivity index (χ2n) is 4.85. The third kappa shape index (κ3) is 4.40. The highest BCUT2D eigenvalue weighted by atomic mass is 79.9. The van der Waals surface area contributed by atoms with Gasteiger partial charge in [-0.25, -0.2) is 9.18 Å². The molecule has 0 saturated heterocycles. The van der Waals surface area contributed by atoms with Gasteiger partial charge in [-0.3, -0.25) is 4.79 Å². The molecule has 1 N–H and O–H groups in total. The van der Waals surface area contributed by atoms with E-state index in [4.69, 9.17) is 10.00 Å². The largest absolute Gasteiger partial charge is 0.449 e. The number of amides is 1. The molecule has 0 heterocycles. The van der Waals surface area contributed by atoms with E-state index in [2.05, 4.69) is 21.2 Å². The minimum atomic E-state index is -1.10. The molecular weight excluding hydrogens is 379 g/mol. The number of anilines is 1. The van der Waals surface area contributed by atoms with Crippen molar-refractivity contribution in [2.75, 3.05) is 5.32 Å². The second-order valence-corrected chi connectivity index (χ2v) is 5.71. The van der Waals surface area contributed by atoms with Crippen LogP contribution in [0.3, 0.4) is 0 Å². The highest BCUT2D eigenvalue weighted by Gasteiger charge is 2.21. The average Bonchev–Trinajstić information content (AvgIpc) is 2.57. The highest BCUT2D eigenvalue weighted by Crippen LogP contribution is 2.19. The van der Waals surface area contributed by atoms with E-state index < -0.39 is 23.8 Å². The Labute approximate surface area is 146 Å². The van der Waals surface area contributed by atoms with E-state index in [0.717, 1.165) is 6.07 Å². The van der Waals surface area contributed by atoms with Crippen LogP contribution in [-0.4, -0.2) is 18.0 Å². The first-order chi connectivity index (χ1) is 11.4.